The third-order valence-corrected chi connectivity index (χ3v) is 7.91. The summed E-state index contributed by atoms with van der Waals surface area (Å²) < 4.78 is 1.67. The van der Waals surface area contributed by atoms with Crippen molar-refractivity contribution in [2.24, 2.45) is 11.8 Å². The Labute approximate surface area is 190 Å². The van der Waals surface area contributed by atoms with Gasteiger partial charge < -0.3 is 4.90 Å². The SMILES string of the molecule is Cc1sc2nc(SCC(=O)N3CC(C)CC(C)C3)n(Cc3ccccn3)c(=O)c2c1C. The van der Waals surface area contributed by atoms with Crippen LogP contribution in [0.4, 0.5) is 0 Å². The quantitative estimate of drug-likeness (QED) is 0.427. The Morgan fingerprint density at radius 3 is 2.65 bits per heavy atom. The number of carbonyl (C=O) groups is 1. The van der Waals surface area contributed by atoms with Gasteiger partial charge in [-0.25, -0.2) is 4.98 Å². The Morgan fingerprint density at radius 1 is 1.23 bits per heavy atom. The molecule has 0 bridgehead atoms. The Balaban J connectivity index is 1.65. The van der Waals surface area contributed by atoms with E-state index in [1.165, 1.54) is 23.1 Å². The number of hydrogen-bond donors (Lipinski definition) is 0. The number of thiophene rings is 1. The maximum atomic E-state index is 13.4. The van der Waals surface area contributed by atoms with Crippen LogP contribution in [-0.2, 0) is 11.3 Å². The van der Waals surface area contributed by atoms with Gasteiger partial charge in [0.1, 0.15) is 4.83 Å². The summed E-state index contributed by atoms with van der Waals surface area (Å²) in [5.41, 5.74) is 1.71. The molecule has 3 aromatic rings. The van der Waals surface area contributed by atoms with Gasteiger partial charge in [0.25, 0.3) is 5.56 Å². The standard InChI is InChI=1S/C23H28N4O2S2/c1-14-9-15(2)11-26(10-14)19(28)13-30-23-25-21-20(16(3)17(4)31-21)22(29)27(23)12-18-7-5-6-8-24-18/h5-8,14-15H,9-13H2,1-4H3. The van der Waals surface area contributed by atoms with E-state index in [0.717, 1.165) is 40.5 Å². The summed E-state index contributed by atoms with van der Waals surface area (Å²) in [6.07, 6.45) is 2.89. The van der Waals surface area contributed by atoms with E-state index in [4.69, 9.17) is 4.98 Å². The molecule has 1 saturated heterocycles. The highest BCUT2D eigenvalue weighted by atomic mass is 32.2. The van der Waals surface area contributed by atoms with Crippen molar-refractivity contribution in [1.29, 1.82) is 0 Å². The molecule has 4 rings (SSSR count). The Morgan fingerprint density at radius 2 is 1.97 bits per heavy atom. The van der Waals surface area contributed by atoms with Gasteiger partial charge in [-0.1, -0.05) is 31.7 Å². The van der Waals surface area contributed by atoms with Gasteiger partial charge >= 0.3 is 0 Å². The van der Waals surface area contributed by atoms with Gasteiger partial charge in [-0.15, -0.1) is 11.3 Å². The first kappa shape index (κ1) is 22.0. The normalized spacial score (nSPS) is 19.2. The van der Waals surface area contributed by atoms with Crippen LogP contribution in [0.25, 0.3) is 10.2 Å². The molecule has 2 unspecified atom stereocenters. The number of aromatic nitrogens is 3. The van der Waals surface area contributed by atoms with Gasteiger partial charge in [0.15, 0.2) is 5.16 Å². The molecule has 2 atom stereocenters. The number of nitrogens with zero attached hydrogens (tertiary/aromatic N) is 4. The predicted molar refractivity (Wildman–Crippen MR) is 127 cm³/mol. The second-order valence-corrected chi connectivity index (χ2v) is 10.7. The molecule has 0 radical (unpaired) electrons. The largest absolute Gasteiger partial charge is 0.341 e. The summed E-state index contributed by atoms with van der Waals surface area (Å²) in [6.45, 7) is 10.3. The zero-order valence-electron chi connectivity index (χ0n) is 18.4. The van der Waals surface area contributed by atoms with Crippen LogP contribution in [-0.4, -0.2) is 44.2 Å². The van der Waals surface area contributed by atoms with E-state index in [1.54, 1.807) is 10.8 Å². The van der Waals surface area contributed by atoms with Crippen LogP contribution >= 0.6 is 23.1 Å². The number of hydrogen-bond acceptors (Lipinski definition) is 6. The predicted octanol–water partition coefficient (Wildman–Crippen LogP) is 4.11. The summed E-state index contributed by atoms with van der Waals surface area (Å²) in [7, 11) is 0. The van der Waals surface area contributed by atoms with Crippen molar-refractivity contribution < 1.29 is 4.79 Å². The van der Waals surface area contributed by atoms with E-state index in [0.29, 0.717) is 28.9 Å². The summed E-state index contributed by atoms with van der Waals surface area (Å²) >= 11 is 2.89. The molecule has 164 valence electrons. The van der Waals surface area contributed by atoms with Crippen LogP contribution in [0.2, 0.25) is 0 Å². The summed E-state index contributed by atoms with van der Waals surface area (Å²) in [5, 5.41) is 1.25. The minimum atomic E-state index is -0.0623. The van der Waals surface area contributed by atoms with Gasteiger partial charge in [-0.3, -0.25) is 19.1 Å². The van der Waals surface area contributed by atoms with Crippen molar-refractivity contribution in [3.63, 3.8) is 0 Å². The molecule has 1 aliphatic rings. The molecule has 1 amide bonds. The third-order valence-electron chi connectivity index (χ3n) is 5.85. The molecule has 31 heavy (non-hydrogen) atoms. The van der Waals surface area contributed by atoms with Crippen LogP contribution in [0, 0.1) is 25.7 Å². The number of amides is 1. The van der Waals surface area contributed by atoms with E-state index in [2.05, 4.69) is 18.8 Å². The lowest BCUT2D eigenvalue weighted by Crippen LogP contribution is -2.43. The maximum Gasteiger partial charge on any atom is 0.263 e. The van der Waals surface area contributed by atoms with Crippen molar-refractivity contribution in [2.45, 2.75) is 45.8 Å². The number of piperidine rings is 1. The molecule has 3 aromatic heterocycles. The van der Waals surface area contributed by atoms with Crippen LogP contribution in [0.3, 0.4) is 0 Å². The average Bonchev–Trinajstić information content (AvgIpc) is 3.02. The molecule has 0 spiro atoms. The molecular weight excluding hydrogens is 428 g/mol. The molecule has 0 aliphatic carbocycles. The van der Waals surface area contributed by atoms with Crippen molar-refractivity contribution in [1.82, 2.24) is 19.4 Å². The fourth-order valence-electron chi connectivity index (χ4n) is 4.30. The molecule has 8 heteroatoms. The first-order valence-electron chi connectivity index (χ1n) is 10.6. The second kappa shape index (κ2) is 9.12. The first-order valence-corrected chi connectivity index (χ1v) is 12.4. The van der Waals surface area contributed by atoms with Gasteiger partial charge in [0.2, 0.25) is 5.91 Å². The van der Waals surface area contributed by atoms with Crippen molar-refractivity contribution in [3.05, 3.63) is 50.9 Å². The minimum absolute atomic E-state index is 0.0623. The van der Waals surface area contributed by atoms with Crippen LogP contribution < -0.4 is 5.56 Å². The van der Waals surface area contributed by atoms with Crippen molar-refractivity contribution in [3.8, 4) is 0 Å². The number of aryl methyl sites for hydroxylation is 2. The summed E-state index contributed by atoms with van der Waals surface area (Å²) in [5.74, 6) is 1.43. The monoisotopic (exact) mass is 456 g/mol. The lowest BCUT2D eigenvalue weighted by atomic mass is 9.92. The van der Waals surface area contributed by atoms with E-state index in [9.17, 15) is 9.59 Å². The zero-order chi connectivity index (χ0) is 22.1. The second-order valence-electron chi connectivity index (χ2n) is 8.60. The fraction of sp³-hybridized carbons (Fsp3) is 0.478. The average molecular weight is 457 g/mol. The topological polar surface area (TPSA) is 68.1 Å². The Hall–Kier alpha value is -2.19. The smallest absolute Gasteiger partial charge is 0.263 e. The van der Waals surface area contributed by atoms with E-state index in [1.807, 2.05) is 36.9 Å². The molecule has 4 heterocycles. The van der Waals surface area contributed by atoms with Crippen molar-refractivity contribution in [2.75, 3.05) is 18.8 Å². The number of pyridine rings is 1. The molecule has 0 saturated carbocycles. The van der Waals surface area contributed by atoms with Gasteiger partial charge in [-0.05, 0) is 49.8 Å². The molecule has 1 fully saturated rings. The highest BCUT2D eigenvalue weighted by Crippen LogP contribution is 2.29. The van der Waals surface area contributed by atoms with Crippen molar-refractivity contribution >= 4 is 39.2 Å². The fourth-order valence-corrected chi connectivity index (χ4v) is 6.27. The number of likely N-dealkylation sites (tertiary alicyclic amines) is 1. The van der Waals surface area contributed by atoms with Crippen LogP contribution in [0.1, 0.15) is 36.4 Å². The zero-order valence-corrected chi connectivity index (χ0v) is 20.1. The molecule has 6 nitrogen and oxygen atoms in total. The molecular formula is C23H28N4O2S2. The number of carbonyl (C=O) groups excluding carboxylic acids is 1. The maximum absolute atomic E-state index is 13.4. The van der Waals surface area contributed by atoms with E-state index < -0.39 is 0 Å². The number of rotatable bonds is 5. The van der Waals surface area contributed by atoms with E-state index >= 15 is 0 Å². The Kier molecular flexibility index (Phi) is 6.48. The molecule has 0 aromatic carbocycles. The highest BCUT2D eigenvalue weighted by molar-refractivity contribution is 7.99. The van der Waals surface area contributed by atoms with Crippen LogP contribution in [0.5, 0.6) is 0 Å². The lowest BCUT2D eigenvalue weighted by Gasteiger charge is -2.35. The van der Waals surface area contributed by atoms with E-state index in [-0.39, 0.29) is 17.2 Å². The third kappa shape index (κ3) is 4.70. The van der Waals surface area contributed by atoms with Gasteiger partial charge in [-0.2, -0.15) is 0 Å². The summed E-state index contributed by atoms with van der Waals surface area (Å²) in [6, 6.07) is 5.67. The molecule has 0 N–H and O–H groups in total. The first-order chi connectivity index (χ1) is 14.8. The number of thioether (sulfide) groups is 1. The van der Waals surface area contributed by atoms with Gasteiger partial charge in [0.05, 0.1) is 23.4 Å². The highest BCUT2D eigenvalue weighted by Gasteiger charge is 2.26. The lowest BCUT2D eigenvalue weighted by molar-refractivity contribution is -0.130. The Bertz CT molecular complexity index is 1150. The number of fused-ring (bicyclic) bond motifs is 1. The minimum Gasteiger partial charge on any atom is -0.341 e. The van der Waals surface area contributed by atoms with Crippen LogP contribution in [0.15, 0.2) is 34.3 Å². The van der Waals surface area contributed by atoms with Gasteiger partial charge in [0, 0.05) is 24.2 Å². The summed E-state index contributed by atoms with van der Waals surface area (Å²) in [4.78, 5) is 39.3. The molecule has 1 aliphatic heterocycles.